The minimum Gasteiger partial charge on any atom is -0.381 e. The van der Waals surface area contributed by atoms with Crippen molar-refractivity contribution in [1.82, 2.24) is 4.72 Å². The van der Waals surface area contributed by atoms with Gasteiger partial charge in [-0.3, -0.25) is 0 Å². The lowest BCUT2D eigenvalue weighted by atomic mass is 10.1. The highest BCUT2D eigenvalue weighted by molar-refractivity contribution is 7.90. The highest BCUT2D eigenvalue weighted by Crippen LogP contribution is 2.16. The van der Waals surface area contributed by atoms with Crippen LogP contribution in [0.5, 0.6) is 0 Å². The summed E-state index contributed by atoms with van der Waals surface area (Å²) < 4.78 is 31.9. The summed E-state index contributed by atoms with van der Waals surface area (Å²) in [6.07, 6.45) is 1.15. The Bertz CT molecular complexity index is 297. The first-order valence-corrected chi connectivity index (χ1v) is 7.31. The van der Waals surface area contributed by atoms with Crippen LogP contribution in [0.4, 0.5) is 0 Å². The van der Waals surface area contributed by atoms with Gasteiger partial charge in [0.05, 0.1) is 5.25 Å². The third kappa shape index (κ3) is 3.69. The van der Waals surface area contributed by atoms with E-state index in [-0.39, 0.29) is 17.2 Å². The van der Waals surface area contributed by atoms with Crippen molar-refractivity contribution in [1.29, 1.82) is 0 Å². The summed E-state index contributed by atoms with van der Waals surface area (Å²) in [6, 6.07) is -0.173. The number of sulfonamides is 1. The molecule has 96 valence electrons. The lowest BCUT2D eigenvalue weighted by molar-refractivity contribution is 0.0980. The highest BCUT2D eigenvalue weighted by Gasteiger charge is 2.30. The van der Waals surface area contributed by atoms with Crippen LogP contribution < -0.4 is 10.5 Å². The molecule has 1 rings (SSSR count). The quantitative estimate of drug-likeness (QED) is 0.723. The maximum absolute atomic E-state index is 12.0. The molecule has 0 radical (unpaired) electrons. The van der Waals surface area contributed by atoms with E-state index in [9.17, 15) is 8.42 Å². The third-order valence-electron chi connectivity index (χ3n) is 2.98. The molecule has 1 atom stereocenters. The van der Waals surface area contributed by atoms with Crippen LogP contribution in [0.25, 0.3) is 0 Å². The van der Waals surface area contributed by atoms with Crippen LogP contribution in [0, 0.1) is 5.92 Å². The van der Waals surface area contributed by atoms with Gasteiger partial charge in [-0.15, -0.1) is 0 Å². The summed E-state index contributed by atoms with van der Waals surface area (Å²) >= 11 is 0. The minimum atomic E-state index is -3.25. The number of ether oxygens (including phenoxy) is 1. The number of hydrogen-bond acceptors (Lipinski definition) is 4. The fourth-order valence-electron chi connectivity index (χ4n) is 1.75. The van der Waals surface area contributed by atoms with E-state index in [1.54, 1.807) is 0 Å². The molecule has 0 bridgehead atoms. The van der Waals surface area contributed by atoms with E-state index in [2.05, 4.69) is 4.72 Å². The number of hydrogen-bond donors (Lipinski definition) is 2. The van der Waals surface area contributed by atoms with E-state index in [0.29, 0.717) is 32.6 Å². The van der Waals surface area contributed by atoms with Crippen molar-refractivity contribution in [3.8, 4) is 0 Å². The van der Waals surface area contributed by atoms with E-state index in [0.717, 1.165) is 0 Å². The first kappa shape index (κ1) is 13.9. The summed E-state index contributed by atoms with van der Waals surface area (Å²) in [4.78, 5) is 0. The fraction of sp³-hybridized carbons (Fsp3) is 1.00. The Labute approximate surface area is 97.8 Å². The number of nitrogens with two attached hydrogens (primary N) is 1. The monoisotopic (exact) mass is 250 g/mol. The summed E-state index contributed by atoms with van der Waals surface area (Å²) in [6.45, 7) is 5.31. The second kappa shape index (κ2) is 5.95. The second-order valence-electron chi connectivity index (χ2n) is 4.56. The van der Waals surface area contributed by atoms with Gasteiger partial charge in [-0.05, 0) is 18.8 Å². The maximum Gasteiger partial charge on any atom is 0.214 e. The Morgan fingerprint density at radius 3 is 2.38 bits per heavy atom. The molecule has 1 heterocycles. The molecule has 1 fully saturated rings. The smallest absolute Gasteiger partial charge is 0.214 e. The summed E-state index contributed by atoms with van der Waals surface area (Å²) in [5.74, 6) is 0.208. The normalized spacial score (nSPS) is 21.2. The largest absolute Gasteiger partial charge is 0.381 e. The molecule has 0 aromatic rings. The van der Waals surface area contributed by atoms with Crippen LogP contribution in [0.15, 0.2) is 0 Å². The van der Waals surface area contributed by atoms with Crippen LogP contribution in [0.1, 0.15) is 26.7 Å². The molecule has 1 aliphatic rings. The Morgan fingerprint density at radius 1 is 1.38 bits per heavy atom. The molecular weight excluding hydrogens is 228 g/mol. The van der Waals surface area contributed by atoms with Crippen molar-refractivity contribution < 1.29 is 13.2 Å². The van der Waals surface area contributed by atoms with Crippen LogP contribution in [0.2, 0.25) is 0 Å². The predicted molar refractivity (Wildman–Crippen MR) is 63.6 cm³/mol. The molecule has 1 aliphatic heterocycles. The van der Waals surface area contributed by atoms with Gasteiger partial charge in [0.1, 0.15) is 0 Å². The Kier molecular flexibility index (Phi) is 5.17. The van der Waals surface area contributed by atoms with Gasteiger partial charge in [-0.25, -0.2) is 13.1 Å². The summed E-state index contributed by atoms with van der Waals surface area (Å²) in [7, 11) is -3.25. The van der Waals surface area contributed by atoms with Gasteiger partial charge in [0, 0.05) is 25.8 Å². The zero-order valence-electron chi connectivity index (χ0n) is 9.98. The molecule has 1 unspecified atom stereocenters. The first-order chi connectivity index (χ1) is 7.47. The van der Waals surface area contributed by atoms with Crippen molar-refractivity contribution in [3.05, 3.63) is 0 Å². The predicted octanol–water partition coefficient (Wildman–Crippen LogP) is 0.0681. The van der Waals surface area contributed by atoms with Gasteiger partial charge in [-0.1, -0.05) is 13.8 Å². The molecule has 0 aromatic carbocycles. The van der Waals surface area contributed by atoms with Gasteiger partial charge in [0.2, 0.25) is 10.0 Å². The topological polar surface area (TPSA) is 81.4 Å². The fourth-order valence-corrected chi connectivity index (χ4v) is 3.55. The molecule has 0 saturated carbocycles. The Balaban J connectivity index is 2.62. The molecule has 0 aliphatic carbocycles. The van der Waals surface area contributed by atoms with Crippen molar-refractivity contribution in [2.24, 2.45) is 11.7 Å². The average molecular weight is 250 g/mol. The Hall–Kier alpha value is -0.170. The molecule has 16 heavy (non-hydrogen) atoms. The molecule has 0 amide bonds. The van der Waals surface area contributed by atoms with Crippen molar-refractivity contribution >= 4 is 10.0 Å². The van der Waals surface area contributed by atoms with Crippen LogP contribution in [0.3, 0.4) is 0 Å². The second-order valence-corrected chi connectivity index (χ2v) is 6.55. The van der Waals surface area contributed by atoms with Crippen LogP contribution >= 0.6 is 0 Å². The van der Waals surface area contributed by atoms with Gasteiger partial charge in [-0.2, -0.15) is 0 Å². The van der Waals surface area contributed by atoms with Gasteiger partial charge in [0.15, 0.2) is 0 Å². The SMILES string of the molecule is CC(C)C(CN)NS(=O)(=O)C1CCOCC1. The zero-order valence-corrected chi connectivity index (χ0v) is 10.8. The highest BCUT2D eigenvalue weighted by atomic mass is 32.2. The van der Waals surface area contributed by atoms with Gasteiger partial charge >= 0.3 is 0 Å². The zero-order chi connectivity index (χ0) is 12.2. The molecule has 0 spiro atoms. The molecule has 5 nitrogen and oxygen atoms in total. The molecule has 6 heteroatoms. The summed E-state index contributed by atoms with van der Waals surface area (Å²) in [5, 5.41) is -0.325. The number of rotatable bonds is 5. The van der Waals surface area contributed by atoms with Gasteiger partial charge < -0.3 is 10.5 Å². The molecule has 0 aromatic heterocycles. The molecular formula is C10H22N2O3S. The van der Waals surface area contributed by atoms with Crippen LogP contribution in [-0.2, 0) is 14.8 Å². The summed E-state index contributed by atoms with van der Waals surface area (Å²) in [5.41, 5.74) is 5.56. The van der Waals surface area contributed by atoms with Crippen molar-refractivity contribution in [2.75, 3.05) is 19.8 Å². The lowest BCUT2D eigenvalue weighted by Gasteiger charge is -2.26. The Morgan fingerprint density at radius 2 is 1.94 bits per heavy atom. The van der Waals surface area contributed by atoms with E-state index >= 15 is 0 Å². The standard InChI is InChI=1S/C10H22N2O3S/c1-8(2)10(7-11)12-16(13,14)9-3-5-15-6-4-9/h8-10,12H,3-7,11H2,1-2H3. The third-order valence-corrected chi connectivity index (χ3v) is 4.96. The van der Waals surface area contributed by atoms with E-state index in [1.165, 1.54) is 0 Å². The lowest BCUT2D eigenvalue weighted by Crippen LogP contribution is -2.48. The van der Waals surface area contributed by atoms with Gasteiger partial charge in [0.25, 0.3) is 0 Å². The molecule has 3 N–H and O–H groups in total. The molecule has 1 saturated heterocycles. The van der Waals surface area contributed by atoms with E-state index in [1.807, 2.05) is 13.8 Å². The van der Waals surface area contributed by atoms with E-state index in [4.69, 9.17) is 10.5 Å². The van der Waals surface area contributed by atoms with Crippen molar-refractivity contribution in [2.45, 2.75) is 38.0 Å². The minimum absolute atomic E-state index is 0.173. The average Bonchev–Trinajstić information content (AvgIpc) is 2.27. The maximum atomic E-state index is 12.0. The first-order valence-electron chi connectivity index (χ1n) is 5.76. The number of nitrogens with one attached hydrogen (secondary N) is 1. The van der Waals surface area contributed by atoms with Crippen molar-refractivity contribution in [3.63, 3.8) is 0 Å². The van der Waals surface area contributed by atoms with Crippen LogP contribution in [-0.4, -0.2) is 39.5 Å². The van der Waals surface area contributed by atoms with E-state index < -0.39 is 10.0 Å².